The zero-order chi connectivity index (χ0) is 23.8. The van der Waals surface area contributed by atoms with Crippen molar-refractivity contribution in [2.75, 3.05) is 0 Å². The van der Waals surface area contributed by atoms with Gasteiger partial charge in [0.05, 0.1) is 0 Å². The summed E-state index contributed by atoms with van der Waals surface area (Å²) in [5, 5.41) is 9.40. The van der Waals surface area contributed by atoms with E-state index in [-0.39, 0.29) is 43.3 Å². The van der Waals surface area contributed by atoms with Gasteiger partial charge in [0.2, 0.25) is 0 Å². The van der Waals surface area contributed by atoms with Crippen molar-refractivity contribution in [3.8, 4) is 0 Å². The summed E-state index contributed by atoms with van der Waals surface area (Å²) in [6, 6.07) is 8.53. The Morgan fingerprint density at radius 3 is 1.91 bits per heavy atom. The Kier molecular flexibility index (Phi) is 12.8. The smallest absolute Gasteiger partial charge is 0.383 e. The number of rotatable bonds is 6. The molecule has 0 aliphatic heterocycles. The average Bonchev–Trinajstić information content (AvgIpc) is 2.70. The van der Waals surface area contributed by atoms with E-state index in [0.29, 0.717) is 19.3 Å². The third-order valence-corrected chi connectivity index (χ3v) is 6.18. The number of alkyl halides is 3. The van der Waals surface area contributed by atoms with Gasteiger partial charge >= 0.3 is 6.18 Å². The van der Waals surface area contributed by atoms with Crippen molar-refractivity contribution in [3.05, 3.63) is 35.4 Å². The van der Waals surface area contributed by atoms with Crippen molar-refractivity contribution < 1.29 is 23.1 Å². The van der Waals surface area contributed by atoms with Gasteiger partial charge in [0.1, 0.15) is 5.78 Å². The number of halogens is 3. The fraction of sp³-hybridized carbons (Fsp3) is 0.741. The van der Waals surface area contributed by atoms with Crippen LogP contribution in [0.25, 0.3) is 0 Å². The number of ketones is 1. The van der Waals surface area contributed by atoms with Gasteiger partial charge in [-0.05, 0) is 60.5 Å². The Hall–Kier alpha value is -1.36. The van der Waals surface area contributed by atoms with Crippen LogP contribution in [-0.4, -0.2) is 23.2 Å². The predicted octanol–water partition coefficient (Wildman–Crippen LogP) is 8.22. The maximum Gasteiger partial charge on any atom is 0.414 e. The molecule has 1 N–H and O–H groups in total. The van der Waals surface area contributed by atoms with Crippen molar-refractivity contribution in [2.45, 2.75) is 118 Å². The molecule has 1 aliphatic carbocycles. The van der Waals surface area contributed by atoms with Crippen LogP contribution in [0.2, 0.25) is 0 Å². The van der Waals surface area contributed by atoms with E-state index in [1.165, 1.54) is 17.5 Å². The van der Waals surface area contributed by atoms with Crippen molar-refractivity contribution >= 4 is 5.78 Å². The Morgan fingerprint density at radius 1 is 1.03 bits per heavy atom. The number of hydrogen-bond acceptors (Lipinski definition) is 2. The van der Waals surface area contributed by atoms with Gasteiger partial charge in [-0.25, -0.2) is 0 Å². The molecule has 32 heavy (non-hydrogen) atoms. The topological polar surface area (TPSA) is 37.3 Å². The number of carbonyl (C=O) groups excluding carboxylic acids is 1. The molecule has 1 aliphatic rings. The van der Waals surface area contributed by atoms with Gasteiger partial charge in [-0.2, -0.15) is 13.2 Å². The first kappa shape index (κ1) is 30.6. The molecule has 0 amide bonds. The van der Waals surface area contributed by atoms with Crippen LogP contribution in [0.1, 0.15) is 111 Å². The van der Waals surface area contributed by atoms with Crippen molar-refractivity contribution in [3.63, 3.8) is 0 Å². The summed E-state index contributed by atoms with van der Waals surface area (Å²) in [5.41, 5.74) is 2.59. The molecule has 2 nitrogen and oxygen atoms in total. The first-order valence-corrected chi connectivity index (χ1v) is 11.7. The standard InChI is InChI=1S/C23H33F3O2.C3H8.CH4/c1-15(16-10-12-19(13-11-16)22(2,3)4)5-14-20(27)17-6-8-18(9-7-17)21(28)23(24,25)26;1-3-2;/h10-13,15,17-18,21,28H,5-9,14H2,1-4H3;3H2,1-2H3;1H4. The van der Waals surface area contributed by atoms with E-state index in [1.807, 2.05) is 0 Å². The van der Waals surface area contributed by atoms with Gasteiger partial charge < -0.3 is 5.11 Å². The second kappa shape index (κ2) is 13.4. The van der Waals surface area contributed by atoms with Crippen LogP contribution in [0.3, 0.4) is 0 Å². The molecule has 2 unspecified atom stereocenters. The normalized spacial score (nSPS) is 20.9. The molecule has 186 valence electrons. The molecule has 0 saturated heterocycles. The van der Waals surface area contributed by atoms with Crippen LogP contribution >= 0.6 is 0 Å². The van der Waals surface area contributed by atoms with Crippen molar-refractivity contribution in [1.29, 1.82) is 0 Å². The largest absolute Gasteiger partial charge is 0.414 e. The SMILES string of the molecule is C.CC(CCC(=O)C1CCC(C(O)C(F)(F)F)CC1)c1ccc(C(C)(C)C)cc1.CCC. The van der Waals surface area contributed by atoms with E-state index in [2.05, 4.69) is 65.8 Å². The molecule has 0 aromatic heterocycles. The first-order chi connectivity index (χ1) is 14.3. The summed E-state index contributed by atoms with van der Waals surface area (Å²) in [7, 11) is 0. The van der Waals surface area contributed by atoms with Crippen LogP contribution in [-0.2, 0) is 10.2 Å². The summed E-state index contributed by atoms with van der Waals surface area (Å²) in [6.45, 7) is 12.9. The lowest BCUT2D eigenvalue weighted by molar-refractivity contribution is -0.222. The van der Waals surface area contributed by atoms with Crippen LogP contribution < -0.4 is 0 Å². The van der Waals surface area contributed by atoms with Crippen LogP contribution in [0.4, 0.5) is 13.2 Å². The third kappa shape index (κ3) is 9.64. The lowest BCUT2D eigenvalue weighted by Crippen LogP contribution is -2.38. The molecular formula is C27H45F3O2. The summed E-state index contributed by atoms with van der Waals surface area (Å²) in [4.78, 5) is 12.5. The monoisotopic (exact) mass is 458 g/mol. The summed E-state index contributed by atoms with van der Waals surface area (Å²) >= 11 is 0. The van der Waals surface area contributed by atoms with E-state index < -0.39 is 18.2 Å². The van der Waals surface area contributed by atoms with Crippen LogP contribution in [0.5, 0.6) is 0 Å². The minimum atomic E-state index is -4.57. The molecule has 2 rings (SSSR count). The molecule has 2 atom stereocenters. The van der Waals surface area contributed by atoms with Gasteiger partial charge in [0.15, 0.2) is 6.10 Å². The first-order valence-electron chi connectivity index (χ1n) is 11.7. The highest BCUT2D eigenvalue weighted by atomic mass is 19.4. The van der Waals surface area contributed by atoms with Gasteiger partial charge in [0.25, 0.3) is 0 Å². The summed E-state index contributed by atoms with van der Waals surface area (Å²) in [5.74, 6) is -0.518. The minimum Gasteiger partial charge on any atom is -0.383 e. The number of aliphatic hydroxyl groups excluding tert-OH is 1. The zero-order valence-corrected chi connectivity index (χ0v) is 20.1. The Bertz CT molecular complexity index is 651. The lowest BCUT2D eigenvalue weighted by atomic mass is 9.76. The van der Waals surface area contributed by atoms with Gasteiger partial charge in [-0.1, -0.05) is 79.7 Å². The van der Waals surface area contributed by atoms with Crippen LogP contribution in [0.15, 0.2) is 24.3 Å². The molecule has 1 saturated carbocycles. The molecule has 0 heterocycles. The van der Waals surface area contributed by atoms with E-state index in [1.54, 1.807) is 0 Å². The van der Waals surface area contributed by atoms with Gasteiger partial charge in [-0.15, -0.1) is 0 Å². The van der Waals surface area contributed by atoms with E-state index in [0.717, 1.165) is 6.42 Å². The molecule has 0 spiro atoms. The molecule has 0 radical (unpaired) electrons. The average molecular weight is 459 g/mol. The fourth-order valence-corrected chi connectivity index (χ4v) is 4.07. The number of carbonyl (C=O) groups is 1. The lowest BCUT2D eigenvalue weighted by Gasteiger charge is -2.31. The zero-order valence-electron chi connectivity index (χ0n) is 20.1. The molecule has 0 bridgehead atoms. The van der Waals surface area contributed by atoms with Gasteiger partial charge in [-0.3, -0.25) is 4.79 Å². The fourth-order valence-electron chi connectivity index (χ4n) is 4.07. The second-order valence-electron chi connectivity index (χ2n) is 10.1. The van der Waals surface area contributed by atoms with E-state index in [9.17, 15) is 23.1 Å². The highest BCUT2D eigenvalue weighted by Crippen LogP contribution is 2.37. The summed E-state index contributed by atoms with van der Waals surface area (Å²) < 4.78 is 37.9. The Labute approximate surface area is 194 Å². The quantitative estimate of drug-likeness (QED) is 0.466. The Morgan fingerprint density at radius 2 is 1.50 bits per heavy atom. The van der Waals surface area contributed by atoms with Crippen molar-refractivity contribution in [2.24, 2.45) is 11.8 Å². The molecule has 1 aromatic carbocycles. The maximum atomic E-state index is 12.6. The number of aliphatic hydroxyl groups is 1. The molecule has 1 fully saturated rings. The maximum absolute atomic E-state index is 12.6. The second-order valence-corrected chi connectivity index (χ2v) is 10.1. The molecule has 1 aromatic rings. The van der Waals surface area contributed by atoms with E-state index in [4.69, 9.17) is 0 Å². The van der Waals surface area contributed by atoms with Gasteiger partial charge in [0, 0.05) is 12.3 Å². The Balaban J connectivity index is 0.00000227. The minimum absolute atomic E-state index is 0. The third-order valence-electron chi connectivity index (χ3n) is 6.18. The highest BCUT2D eigenvalue weighted by molar-refractivity contribution is 5.81. The van der Waals surface area contributed by atoms with Crippen LogP contribution in [0, 0.1) is 11.8 Å². The number of benzene rings is 1. The van der Waals surface area contributed by atoms with Crippen molar-refractivity contribution in [1.82, 2.24) is 0 Å². The number of Topliss-reactive ketones (excluding diaryl/α,β-unsaturated/α-hetero) is 1. The summed E-state index contributed by atoms with van der Waals surface area (Å²) in [6.07, 6.45) is -2.95. The predicted molar refractivity (Wildman–Crippen MR) is 128 cm³/mol. The van der Waals surface area contributed by atoms with E-state index >= 15 is 0 Å². The number of hydrogen-bond donors (Lipinski definition) is 1. The highest BCUT2D eigenvalue weighted by Gasteiger charge is 2.44. The molecule has 5 heteroatoms. The molecular weight excluding hydrogens is 413 g/mol.